The SMILES string of the molecule is CC1(C)OB(C(F)=Cc2cc(F)ccc2C#Cc2ccccc2)OC1(C)C. The van der Waals surface area contributed by atoms with Gasteiger partial charge in [-0.3, -0.25) is 0 Å². The van der Waals surface area contributed by atoms with Crippen LogP contribution in [-0.2, 0) is 9.31 Å². The lowest BCUT2D eigenvalue weighted by Gasteiger charge is -2.32. The number of hydrogen-bond acceptors (Lipinski definition) is 2. The fourth-order valence-electron chi connectivity index (χ4n) is 2.60. The summed E-state index contributed by atoms with van der Waals surface area (Å²) in [4.78, 5) is 0. The van der Waals surface area contributed by atoms with Crippen LogP contribution in [0.4, 0.5) is 8.78 Å². The predicted molar refractivity (Wildman–Crippen MR) is 104 cm³/mol. The van der Waals surface area contributed by atoms with E-state index in [1.165, 1.54) is 24.3 Å². The maximum atomic E-state index is 14.8. The third kappa shape index (κ3) is 4.29. The molecule has 2 aromatic carbocycles. The molecule has 0 aliphatic carbocycles. The normalized spacial score (nSPS) is 18.1. The van der Waals surface area contributed by atoms with E-state index >= 15 is 0 Å². The second-order valence-corrected chi connectivity index (χ2v) is 7.47. The topological polar surface area (TPSA) is 18.5 Å². The summed E-state index contributed by atoms with van der Waals surface area (Å²) in [5.41, 5.74) is -0.246. The molecule has 0 radical (unpaired) electrons. The summed E-state index contributed by atoms with van der Waals surface area (Å²) in [6.45, 7) is 7.39. The van der Waals surface area contributed by atoms with E-state index in [4.69, 9.17) is 9.31 Å². The molecule has 5 heteroatoms. The molecule has 1 aliphatic rings. The van der Waals surface area contributed by atoms with Crippen LogP contribution in [0.5, 0.6) is 0 Å². The van der Waals surface area contributed by atoms with Gasteiger partial charge in [-0.15, -0.1) is 0 Å². The Bertz CT molecular complexity index is 908. The van der Waals surface area contributed by atoms with Crippen LogP contribution in [0.25, 0.3) is 6.08 Å². The highest BCUT2D eigenvalue weighted by molar-refractivity contribution is 6.54. The van der Waals surface area contributed by atoms with E-state index in [0.717, 1.165) is 5.56 Å². The fourth-order valence-corrected chi connectivity index (χ4v) is 2.60. The molecule has 1 aliphatic heterocycles. The molecule has 0 saturated carbocycles. The second-order valence-electron chi connectivity index (χ2n) is 7.47. The molecule has 3 rings (SSSR count). The van der Waals surface area contributed by atoms with Crippen LogP contribution < -0.4 is 0 Å². The van der Waals surface area contributed by atoms with E-state index < -0.39 is 29.9 Å². The fraction of sp³-hybridized carbons (Fsp3) is 0.273. The van der Waals surface area contributed by atoms with Crippen molar-refractivity contribution in [3.8, 4) is 11.8 Å². The Kier molecular flexibility index (Phi) is 5.23. The Balaban J connectivity index is 1.92. The molecule has 0 spiro atoms. The van der Waals surface area contributed by atoms with Crippen LogP contribution in [0.2, 0.25) is 0 Å². The Morgan fingerprint density at radius 3 is 2.22 bits per heavy atom. The summed E-state index contributed by atoms with van der Waals surface area (Å²) in [5.74, 6) is 5.51. The average Bonchev–Trinajstić information content (AvgIpc) is 2.83. The summed E-state index contributed by atoms with van der Waals surface area (Å²) in [5, 5.41) is 0. The van der Waals surface area contributed by atoms with Gasteiger partial charge in [0.15, 0.2) is 0 Å². The molecular weight excluding hydrogens is 345 g/mol. The van der Waals surface area contributed by atoms with Crippen molar-refractivity contribution in [1.82, 2.24) is 0 Å². The number of hydrogen-bond donors (Lipinski definition) is 0. The average molecular weight is 366 g/mol. The van der Waals surface area contributed by atoms with Crippen LogP contribution >= 0.6 is 0 Å². The van der Waals surface area contributed by atoms with Gasteiger partial charge in [0.2, 0.25) is 0 Å². The maximum absolute atomic E-state index is 14.8. The molecule has 0 bridgehead atoms. The molecule has 0 atom stereocenters. The van der Waals surface area contributed by atoms with Gasteiger partial charge in [0.1, 0.15) is 11.5 Å². The van der Waals surface area contributed by atoms with Gasteiger partial charge in [0, 0.05) is 11.1 Å². The Hall–Kier alpha value is -2.42. The standard InChI is InChI=1S/C22H21BF2O2/c1-21(2)22(3,4)27-23(26-21)20(25)15-18-14-19(24)13-12-17(18)11-10-16-8-6-5-7-9-16/h5-9,12-15H,1-4H3. The third-order valence-electron chi connectivity index (χ3n) is 4.90. The Labute approximate surface area is 159 Å². The highest BCUT2D eigenvalue weighted by Crippen LogP contribution is 2.39. The molecule has 1 saturated heterocycles. The lowest BCUT2D eigenvalue weighted by atomic mass is 9.86. The highest BCUT2D eigenvalue weighted by Gasteiger charge is 2.53. The zero-order chi connectivity index (χ0) is 19.7. The zero-order valence-corrected chi connectivity index (χ0v) is 15.8. The van der Waals surface area contributed by atoms with Gasteiger partial charge in [0.05, 0.1) is 11.2 Å². The quantitative estimate of drug-likeness (QED) is 0.540. The summed E-state index contributed by atoms with van der Waals surface area (Å²) in [7, 11) is -1.13. The molecule has 138 valence electrons. The molecule has 1 heterocycles. The molecule has 0 amide bonds. The Morgan fingerprint density at radius 1 is 0.963 bits per heavy atom. The second kappa shape index (κ2) is 7.30. The maximum Gasteiger partial charge on any atom is 0.525 e. The van der Waals surface area contributed by atoms with Crippen LogP contribution in [0.3, 0.4) is 0 Å². The van der Waals surface area contributed by atoms with Crippen molar-refractivity contribution < 1.29 is 18.1 Å². The van der Waals surface area contributed by atoms with E-state index in [1.807, 2.05) is 58.0 Å². The van der Waals surface area contributed by atoms with Crippen molar-refractivity contribution in [2.24, 2.45) is 0 Å². The molecule has 2 nitrogen and oxygen atoms in total. The van der Waals surface area contributed by atoms with Gasteiger partial charge in [-0.1, -0.05) is 30.0 Å². The summed E-state index contributed by atoms with van der Waals surface area (Å²) >= 11 is 0. The molecule has 27 heavy (non-hydrogen) atoms. The minimum absolute atomic E-state index is 0.339. The van der Waals surface area contributed by atoms with Crippen LogP contribution in [0, 0.1) is 17.7 Å². The van der Waals surface area contributed by atoms with Gasteiger partial charge in [-0.05, 0) is 69.7 Å². The lowest BCUT2D eigenvalue weighted by Crippen LogP contribution is -2.41. The van der Waals surface area contributed by atoms with Crippen molar-refractivity contribution in [2.45, 2.75) is 38.9 Å². The summed E-state index contributed by atoms with van der Waals surface area (Å²) in [6.07, 6.45) is 1.22. The summed E-state index contributed by atoms with van der Waals surface area (Å²) < 4.78 is 39.9. The van der Waals surface area contributed by atoms with Crippen molar-refractivity contribution in [3.63, 3.8) is 0 Å². The van der Waals surface area contributed by atoms with Gasteiger partial charge in [-0.25, -0.2) is 8.78 Å². The van der Waals surface area contributed by atoms with Crippen molar-refractivity contribution in [2.75, 3.05) is 0 Å². The number of rotatable bonds is 2. The van der Waals surface area contributed by atoms with E-state index in [9.17, 15) is 8.78 Å². The van der Waals surface area contributed by atoms with Crippen LogP contribution in [0.1, 0.15) is 44.4 Å². The molecule has 0 N–H and O–H groups in total. The first-order valence-electron chi connectivity index (χ1n) is 8.77. The van der Waals surface area contributed by atoms with Gasteiger partial charge >= 0.3 is 7.12 Å². The molecule has 0 aromatic heterocycles. The van der Waals surface area contributed by atoms with Crippen molar-refractivity contribution in [1.29, 1.82) is 0 Å². The lowest BCUT2D eigenvalue weighted by molar-refractivity contribution is 0.00578. The van der Waals surface area contributed by atoms with Crippen molar-refractivity contribution >= 4 is 13.2 Å². The third-order valence-corrected chi connectivity index (χ3v) is 4.90. The van der Waals surface area contributed by atoms with Crippen LogP contribution in [0.15, 0.2) is 54.3 Å². The van der Waals surface area contributed by atoms with Gasteiger partial charge in [0.25, 0.3) is 0 Å². The molecule has 2 aromatic rings. The first-order valence-corrected chi connectivity index (χ1v) is 8.77. The Morgan fingerprint density at radius 2 is 1.59 bits per heavy atom. The molecular formula is C22H21BF2O2. The first-order chi connectivity index (χ1) is 12.7. The monoisotopic (exact) mass is 366 g/mol. The number of benzene rings is 2. The largest absolute Gasteiger partial charge is 0.525 e. The smallest absolute Gasteiger partial charge is 0.398 e. The van der Waals surface area contributed by atoms with Gasteiger partial charge < -0.3 is 9.31 Å². The van der Waals surface area contributed by atoms with E-state index in [1.54, 1.807) is 0 Å². The summed E-state index contributed by atoms with van der Waals surface area (Å²) in [6, 6.07) is 13.5. The zero-order valence-electron chi connectivity index (χ0n) is 15.8. The first kappa shape index (κ1) is 19.3. The van der Waals surface area contributed by atoms with Crippen LogP contribution in [-0.4, -0.2) is 18.3 Å². The number of halogens is 2. The van der Waals surface area contributed by atoms with E-state index in [-0.39, 0.29) is 0 Å². The van der Waals surface area contributed by atoms with Crippen molar-refractivity contribution in [3.05, 3.63) is 76.8 Å². The minimum atomic E-state index is -1.13. The minimum Gasteiger partial charge on any atom is -0.398 e. The highest BCUT2D eigenvalue weighted by atomic mass is 19.1. The molecule has 1 fully saturated rings. The van der Waals surface area contributed by atoms with E-state index in [0.29, 0.717) is 11.1 Å². The predicted octanol–water partition coefficient (Wildman–Crippen LogP) is 5.17. The van der Waals surface area contributed by atoms with Gasteiger partial charge in [-0.2, -0.15) is 0 Å². The molecule has 0 unspecified atom stereocenters. The van der Waals surface area contributed by atoms with E-state index in [2.05, 4.69) is 11.8 Å².